The first kappa shape index (κ1) is 11.2. The Labute approximate surface area is 94.6 Å². The van der Waals surface area contributed by atoms with E-state index in [9.17, 15) is 9.18 Å². The summed E-state index contributed by atoms with van der Waals surface area (Å²) in [6.07, 6.45) is 0. The van der Waals surface area contributed by atoms with E-state index in [4.69, 9.17) is 10.5 Å². The number of esters is 1. The maximum absolute atomic E-state index is 13.1. The molecular formula is C9H9FINO2. The van der Waals surface area contributed by atoms with Crippen molar-refractivity contribution in [1.82, 2.24) is 0 Å². The predicted molar refractivity (Wildman–Crippen MR) is 59.5 cm³/mol. The summed E-state index contributed by atoms with van der Waals surface area (Å²) < 4.78 is 18.3. The zero-order chi connectivity index (χ0) is 10.7. The predicted octanol–water partition coefficient (Wildman–Crippen LogP) is 2.19. The van der Waals surface area contributed by atoms with Gasteiger partial charge in [-0.15, -0.1) is 0 Å². The van der Waals surface area contributed by atoms with Gasteiger partial charge in [-0.25, -0.2) is 9.18 Å². The Kier molecular flexibility index (Phi) is 3.68. The van der Waals surface area contributed by atoms with Crippen LogP contribution in [0.5, 0.6) is 0 Å². The van der Waals surface area contributed by atoms with Gasteiger partial charge in [-0.05, 0) is 41.6 Å². The van der Waals surface area contributed by atoms with E-state index in [1.165, 1.54) is 6.07 Å². The lowest BCUT2D eigenvalue weighted by atomic mass is 10.2. The summed E-state index contributed by atoms with van der Waals surface area (Å²) in [5, 5.41) is 0. The van der Waals surface area contributed by atoms with Crippen molar-refractivity contribution in [2.75, 3.05) is 12.3 Å². The number of benzene rings is 1. The van der Waals surface area contributed by atoms with Crippen molar-refractivity contribution < 1.29 is 13.9 Å². The molecule has 0 bridgehead atoms. The monoisotopic (exact) mass is 309 g/mol. The first-order valence-electron chi connectivity index (χ1n) is 3.98. The molecule has 1 rings (SSSR count). The van der Waals surface area contributed by atoms with E-state index in [2.05, 4.69) is 0 Å². The second kappa shape index (κ2) is 4.59. The molecule has 14 heavy (non-hydrogen) atoms. The lowest BCUT2D eigenvalue weighted by Gasteiger charge is -2.04. The van der Waals surface area contributed by atoms with E-state index in [1.54, 1.807) is 6.92 Å². The summed E-state index contributed by atoms with van der Waals surface area (Å²) in [4.78, 5) is 11.2. The molecule has 1 aromatic carbocycles. The summed E-state index contributed by atoms with van der Waals surface area (Å²) in [5.41, 5.74) is 5.63. The second-order valence-electron chi connectivity index (χ2n) is 2.57. The number of hydrogen-bond acceptors (Lipinski definition) is 3. The fourth-order valence-electron chi connectivity index (χ4n) is 0.917. The SMILES string of the molecule is CCOC(=O)c1cc(F)c(N)c(I)c1. The summed E-state index contributed by atoms with van der Waals surface area (Å²) in [6, 6.07) is 2.58. The van der Waals surface area contributed by atoms with Crippen molar-refractivity contribution in [1.29, 1.82) is 0 Å². The molecule has 0 aliphatic heterocycles. The average molecular weight is 309 g/mol. The van der Waals surface area contributed by atoms with Crippen LogP contribution in [0.15, 0.2) is 12.1 Å². The third-order valence-corrected chi connectivity index (χ3v) is 2.48. The van der Waals surface area contributed by atoms with Gasteiger partial charge >= 0.3 is 5.97 Å². The van der Waals surface area contributed by atoms with Crippen molar-refractivity contribution in [2.45, 2.75) is 6.92 Å². The van der Waals surface area contributed by atoms with Gasteiger partial charge in [-0.3, -0.25) is 0 Å². The number of anilines is 1. The van der Waals surface area contributed by atoms with Crippen LogP contribution in [-0.4, -0.2) is 12.6 Å². The minimum atomic E-state index is -0.597. The van der Waals surface area contributed by atoms with Gasteiger partial charge in [0, 0.05) is 3.57 Å². The van der Waals surface area contributed by atoms with Crippen LogP contribution in [0.3, 0.4) is 0 Å². The molecule has 0 saturated heterocycles. The molecule has 5 heteroatoms. The first-order chi connectivity index (χ1) is 6.56. The van der Waals surface area contributed by atoms with E-state index < -0.39 is 11.8 Å². The molecule has 2 N–H and O–H groups in total. The normalized spacial score (nSPS) is 9.93. The highest BCUT2D eigenvalue weighted by molar-refractivity contribution is 14.1. The molecule has 76 valence electrons. The molecule has 0 aromatic heterocycles. The molecule has 0 unspecified atom stereocenters. The third-order valence-electron chi connectivity index (χ3n) is 1.59. The van der Waals surface area contributed by atoms with Gasteiger partial charge in [0.2, 0.25) is 0 Å². The lowest BCUT2D eigenvalue weighted by Crippen LogP contribution is -2.07. The molecule has 0 amide bonds. The highest BCUT2D eigenvalue weighted by Gasteiger charge is 2.12. The zero-order valence-electron chi connectivity index (χ0n) is 7.51. The van der Waals surface area contributed by atoms with Crippen LogP contribution in [0.2, 0.25) is 0 Å². The second-order valence-corrected chi connectivity index (χ2v) is 3.74. The number of carbonyl (C=O) groups is 1. The number of halogens is 2. The van der Waals surface area contributed by atoms with Gasteiger partial charge < -0.3 is 10.5 Å². The molecule has 0 radical (unpaired) electrons. The van der Waals surface area contributed by atoms with Crippen LogP contribution in [0.25, 0.3) is 0 Å². The number of hydrogen-bond donors (Lipinski definition) is 1. The maximum atomic E-state index is 13.1. The Morgan fingerprint density at radius 3 is 2.79 bits per heavy atom. The van der Waals surface area contributed by atoms with Crippen molar-refractivity contribution in [2.24, 2.45) is 0 Å². The number of carbonyl (C=O) groups excluding carboxylic acids is 1. The van der Waals surface area contributed by atoms with E-state index in [-0.39, 0.29) is 17.9 Å². The number of nitrogen functional groups attached to an aromatic ring is 1. The van der Waals surface area contributed by atoms with Crippen LogP contribution in [-0.2, 0) is 4.74 Å². The van der Waals surface area contributed by atoms with Crippen LogP contribution in [0.1, 0.15) is 17.3 Å². The van der Waals surface area contributed by atoms with Crippen LogP contribution >= 0.6 is 22.6 Å². The van der Waals surface area contributed by atoms with Crippen LogP contribution < -0.4 is 5.73 Å². The number of ether oxygens (including phenoxy) is 1. The topological polar surface area (TPSA) is 52.3 Å². The average Bonchev–Trinajstić information content (AvgIpc) is 2.13. The molecule has 0 heterocycles. The van der Waals surface area contributed by atoms with Gasteiger partial charge in [0.05, 0.1) is 17.9 Å². The summed E-state index contributed by atoms with van der Waals surface area (Å²) >= 11 is 1.86. The molecular weight excluding hydrogens is 300 g/mol. The van der Waals surface area contributed by atoms with Crippen molar-refractivity contribution in [3.05, 3.63) is 27.1 Å². The molecule has 0 spiro atoms. The highest BCUT2D eigenvalue weighted by atomic mass is 127. The van der Waals surface area contributed by atoms with Crippen LogP contribution in [0.4, 0.5) is 10.1 Å². The smallest absolute Gasteiger partial charge is 0.338 e. The highest BCUT2D eigenvalue weighted by Crippen LogP contribution is 2.20. The largest absolute Gasteiger partial charge is 0.462 e. The fourth-order valence-corrected chi connectivity index (χ4v) is 1.51. The molecule has 1 aromatic rings. The van der Waals surface area contributed by atoms with E-state index in [0.29, 0.717) is 3.57 Å². The van der Waals surface area contributed by atoms with Gasteiger partial charge in [0.15, 0.2) is 0 Å². The molecule has 0 atom stereocenters. The van der Waals surface area contributed by atoms with Gasteiger partial charge in [-0.1, -0.05) is 0 Å². The standard InChI is InChI=1S/C9H9FINO2/c1-2-14-9(13)5-3-6(10)8(12)7(11)4-5/h3-4H,2,12H2,1H3. The summed E-state index contributed by atoms with van der Waals surface area (Å²) in [5.74, 6) is -1.13. The minimum Gasteiger partial charge on any atom is -0.462 e. The molecule has 0 aliphatic carbocycles. The lowest BCUT2D eigenvalue weighted by molar-refractivity contribution is 0.0526. The van der Waals surface area contributed by atoms with Crippen molar-refractivity contribution in [3.8, 4) is 0 Å². The van der Waals surface area contributed by atoms with E-state index in [0.717, 1.165) is 6.07 Å². The minimum absolute atomic E-state index is 0.0543. The molecule has 0 fully saturated rings. The van der Waals surface area contributed by atoms with Gasteiger partial charge in [0.1, 0.15) is 5.82 Å². The molecule has 3 nitrogen and oxygen atoms in total. The zero-order valence-corrected chi connectivity index (χ0v) is 9.67. The Balaban J connectivity index is 3.06. The fraction of sp³-hybridized carbons (Fsp3) is 0.222. The van der Waals surface area contributed by atoms with Crippen LogP contribution in [0, 0.1) is 9.39 Å². The molecule has 0 saturated carbocycles. The maximum Gasteiger partial charge on any atom is 0.338 e. The quantitative estimate of drug-likeness (QED) is 0.517. The van der Waals surface area contributed by atoms with Gasteiger partial charge in [-0.2, -0.15) is 0 Å². The number of rotatable bonds is 2. The number of nitrogens with two attached hydrogens (primary N) is 1. The first-order valence-corrected chi connectivity index (χ1v) is 5.05. The summed E-state index contributed by atoms with van der Waals surface area (Å²) in [7, 11) is 0. The third kappa shape index (κ3) is 2.34. The Hall–Kier alpha value is -0.850. The Bertz CT molecular complexity index is 345. The van der Waals surface area contributed by atoms with Crippen molar-refractivity contribution in [3.63, 3.8) is 0 Å². The van der Waals surface area contributed by atoms with E-state index >= 15 is 0 Å². The van der Waals surface area contributed by atoms with Crippen molar-refractivity contribution >= 4 is 34.2 Å². The molecule has 0 aliphatic rings. The Morgan fingerprint density at radius 1 is 1.64 bits per heavy atom. The Morgan fingerprint density at radius 2 is 2.29 bits per heavy atom. The van der Waals surface area contributed by atoms with Gasteiger partial charge in [0.25, 0.3) is 0 Å². The summed E-state index contributed by atoms with van der Waals surface area (Å²) in [6.45, 7) is 1.96. The van der Waals surface area contributed by atoms with E-state index in [1.807, 2.05) is 22.6 Å².